The normalized spacial score (nSPS) is 20.1. The molecule has 0 radical (unpaired) electrons. The molecule has 1 atom stereocenters. The van der Waals surface area contributed by atoms with Crippen LogP contribution in [-0.2, 0) is 23.1 Å². The maximum Gasteiger partial charge on any atom is 0.410 e. The molecule has 1 aliphatic carbocycles. The Kier molecular flexibility index (Phi) is 5.54. The highest BCUT2D eigenvalue weighted by atomic mass is 35.5. The van der Waals surface area contributed by atoms with Crippen molar-refractivity contribution in [1.29, 1.82) is 0 Å². The third kappa shape index (κ3) is 3.81. The summed E-state index contributed by atoms with van der Waals surface area (Å²) in [5.74, 6) is 0. The summed E-state index contributed by atoms with van der Waals surface area (Å²) < 4.78 is 5.79. The van der Waals surface area contributed by atoms with Crippen LogP contribution in [0.1, 0.15) is 67.2 Å². The summed E-state index contributed by atoms with van der Waals surface area (Å²) in [7, 11) is 0. The van der Waals surface area contributed by atoms with Gasteiger partial charge in [-0.1, -0.05) is 30.2 Å². The molecule has 2 heterocycles. The fourth-order valence-corrected chi connectivity index (χ4v) is 5.72. The van der Waals surface area contributed by atoms with E-state index in [1.165, 1.54) is 10.4 Å². The average molecular weight is 444 g/mol. The smallest absolute Gasteiger partial charge is 0.410 e. The monoisotopic (exact) mass is 443 g/mol. The molecule has 0 N–H and O–H groups in total. The zero-order chi connectivity index (χ0) is 21.5. The van der Waals surface area contributed by atoms with Crippen molar-refractivity contribution in [1.82, 2.24) is 9.88 Å². The molecule has 2 aliphatic rings. The van der Waals surface area contributed by atoms with E-state index in [-0.39, 0.29) is 24.1 Å². The molecule has 2 aromatic rings. The number of hydrogen-bond donors (Lipinski definition) is 0. The van der Waals surface area contributed by atoms with Gasteiger partial charge in [-0.05, 0) is 51.3 Å². The lowest BCUT2D eigenvalue weighted by Gasteiger charge is -2.52. The molecular formula is C23H26ClN3O2S. The first-order chi connectivity index (χ1) is 14.2. The molecule has 1 fully saturated rings. The molecule has 5 nitrogen and oxygen atoms in total. The minimum atomic E-state index is -0.563. The molecule has 1 aromatic carbocycles. The van der Waals surface area contributed by atoms with Crippen LogP contribution in [0.15, 0.2) is 24.3 Å². The molecule has 0 saturated heterocycles. The fourth-order valence-electron chi connectivity index (χ4n) is 4.58. The zero-order valence-electron chi connectivity index (χ0n) is 17.6. The second kappa shape index (κ2) is 7.86. The molecule has 0 spiro atoms. The summed E-state index contributed by atoms with van der Waals surface area (Å²) in [6.45, 7) is 13.8. The van der Waals surface area contributed by atoms with E-state index in [1.54, 1.807) is 11.3 Å². The van der Waals surface area contributed by atoms with E-state index in [1.807, 2.05) is 37.8 Å². The van der Waals surface area contributed by atoms with Crippen molar-refractivity contribution in [3.63, 3.8) is 0 Å². The molecule has 4 rings (SSSR count). The van der Waals surface area contributed by atoms with Gasteiger partial charge in [0.15, 0.2) is 5.01 Å². The zero-order valence-corrected chi connectivity index (χ0v) is 19.1. The first-order valence-electron chi connectivity index (χ1n) is 10.3. The van der Waals surface area contributed by atoms with Crippen molar-refractivity contribution in [2.24, 2.45) is 0 Å². The van der Waals surface area contributed by atoms with Crippen molar-refractivity contribution >= 4 is 29.0 Å². The Balaban J connectivity index is 1.81. The van der Waals surface area contributed by atoms with Gasteiger partial charge < -0.3 is 9.58 Å². The van der Waals surface area contributed by atoms with Gasteiger partial charge >= 0.3 is 6.09 Å². The van der Waals surface area contributed by atoms with Gasteiger partial charge in [-0.15, -0.1) is 11.3 Å². The van der Waals surface area contributed by atoms with Crippen LogP contribution < -0.4 is 0 Å². The highest BCUT2D eigenvalue weighted by molar-refractivity contribution is 7.11. The molecule has 1 amide bonds. The predicted molar refractivity (Wildman–Crippen MR) is 119 cm³/mol. The van der Waals surface area contributed by atoms with Crippen LogP contribution in [0, 0.1) is 6.57 Å². The molecule has 1 aromatic heterocycles. The van der Waals surface area contributed by atoms with E-state index in [0.29, 0.717) is 11.6 Å². The first kappa shape index (κ1) is 21.1. The fraction of sp³-hybridized carbons (Fsp3) is 0.522. The van der Waals surface area contributed by atoms with Crippen molar-refractivity contribution < 1.29 is 9.53 Å². The standard InChI is InChI=1S/C23H26ClN3O2S/c1-22(2,3)29-21(28)27-13-10-17-19(26-18(30-17)14-25-4)20(27)23(11-5-12-23)15-6-8-16(24)9-7-15/h6-9,20H,5,10-14H2,1-3H3. The number of fused-ring (bicyclic) bond motifs is 1. The van der Waals surface area contributed by atoms with E-state index >= 15 is 0 Å². The van der Waals surface area contributed by atoms with Crippen LogP contribution >= 0.6 is 22.9 Å². The second-order valence-corrected chi connectivity index (χ2v) is 10.7. The maximum atomic E-state index is 13.2. The third-order valence-electron chi connectivity index (χ3n) is 5.95. The molecular weight excluding hydrogens is 418 g/mol. The topological polar surface area (TPSA) is 46.8 Å². The third-order valence-corrected chi connectivity index (χ3v) is 7.32. The SMILES string of the molecule is [C-]#[N+]Cc1nc2c(s1)CCN(C(=O)OC(C)(C)C)C2C1(c2ccc(Cl)cc2)CCC1. The lowest BCUT2D eigenvalue weighted by molar-refractivity contribution is -0.00885. The number of ether oxygens (including phenoxy) is 1. The summed E-state index contributed by atoms with van der Waals surface area (Å²) in [5.41, 5.74) is 1.36. The summed E-state index contributed by atoms with van der Waals surface area (Å²) >= 11 is 7.77. The molecule has 1 saturated carbocycles. The number of benzene rings is 1. The molecule has 158 valence electrons. The molecule has 0 bridgehead atoms. The highest BCUT2D eigenvalue weighted by Gasteiger charge is 2.53. The van der Waals surface area contributed by atoms with E-state index in [4.69, 9.17) is 27.9 Å². The molecule has 1 aliphatic heterocycles. The van der Waals surface area contributed by atoms with Crippen LogP contribution in [-0.4, -0.2) is 28.1 Å². The molecule has 30 heavy (non-hydrogen) atoms. The van der Waals surface area contributed by atoms with Crippen LogP contribution in [0.2, 0.25) is 5.02 Å². The Morgan fingerprint density at radius 1 is 1.37 bits per heavy atom. The Hall–Kier alpha value is -2.10. The predicted octanol–water partition coefficient (Wildman–Crippen LogP) is 6.17. The van der Waals surface area contributed by atoms with Gasteiger partial charge in [0.2, 0.25) is 0 Å². The lowest BCUT2D eigenvalue weighted by atomic mass is 9.58. The Labute approximate surface area is 186 Å². The van der Waals surface area contributed by atoms with Crippen molar-refractivity contribution in [3.05, 3.63) is 61.8 Å². The van der Waals surface area contributed by atoms with E-state index in [9.17, 15) is 4.79 Å². The van der Waals surface area contributed by atoms with Gasteiger partial charge in [-0.3, -0.25) is 4.90 Å². The largest absolute Gasteiger partial charge is 0.444 e. The Morgan fingerprint density at radius 3 is 2.63 bits per heavy atom. The minimum absolute atomic E-state index is 0.193. The van der Waals surface area contributed by atoms with Crippen molar-refractivity contribution in [2.75, 3.05) is 6.54 Å². The van der Waals surface area contributed by atoms with E-state index < -0.39 is 5.60 Å². The number of hydrogen-bond acceptors (Lipinski definition) is 4. The average Bonchev–Trinajstić information content (AvgIpc) is 3.04. The van der Waals surface area contributed by atoms with Crippen LogP contribution in [0.4, 0.5) is 4.79 Å². The van der Waals surface area contributed by atoms with Gasteiger partial charge in [0.25, 0.3) is 6.54 Å². The lowest BCUT2D eigenvalue weighted by Crippen LogP contribution is -2.53. The van der Waals surface area contributed by atoms with E-state index in [2.05, 4.69) is 17.0 Å². The summed E-state index contributed by atoms with van der Waals surface area (Å²) in [5, 5.41) is 1.53. The van der Waals surface area contributed by atoms with Gasteiger partial charge in [0, 0.05) is 28.3 Å². The van der Waals surface area contributed by atoms with Crippen LogP contribution in [0.3, 0.4) is 0 Å². The van der Waals surface area contributed by atoms with Gasteiger partial charge in [-0.25, -0.2) is 16.4 Å². The Bertz CT molecular complexity index is 983. The summed E-state index contributed by atoms with van der Waals surface area (Å²) in [6.07, 6.45) is 3.52. The molecule has 7 heteroatoms. The quantitative estimate of drug-likeness (QED) is 0.532. The second-order valence-electron chi connectivity index (χ2n) is 9.08. The summed E-state index contributed by atoms with van der Waals surface area (Å²) in [6, 6.07) is 7.81. The number of rotatable bonds is 3. The number of amides is 1. The number of carbonyl (C=O) groups excluding carboxylic acids is 1. The van der Waals surface area contributed by atoms with Gasteiger partial charge in [-0.2, -0.15) is 0 Å². The number of aromatic nitrogens is 1. The highest BCUT2D eigenvalue weighted by Crippen LogP contribution is 2.56. The van der Waals surface area contributed by atoms with Crippen molar-refractivity contribution in [3.8, 4) is 0 Å². The van der Waals surface area contributed by atoms with Gasteiger partial charge in [0.05, 0.1) is 11.7 Å². The number of halogens is 1. The van der Waals surface area contributed by atoms with Crippen LogP contribution in [0.25, 0.3) is 4.85 Å². The number of carbonyl (C=O) groups is 1. The number of thiazole rings is 1. The Morgan fingerprint density at radius 2 is 2.07 bits per heavy atom. The van der Waals surface area contributed by atoms with Gasteiger partial charge in [0.1, 0.15) is 5.60 Å². The first-order valence-corrected chi connectivity index (χ1v) is 11.5. The minimum Gasteiger partial charge on any atom is -0.444 e. The summed E-state index contributed by atoms with van der Waals surface area (Å²) in [4.78, 5) is 24.7. The van der Waals surface area contributed by atoms with Crippen molar-refractivity contribution in [2.45, 2.75) is 70.1 Å². The van der Waals surface area contributed by atoms with Crippen LogP contribution in [0.5, 0.6) is 0 Å². The number of nitrogens with zero attached hydrogens (tertiary/aromatic N) is 3. The van der Waals surface area contributed by atoms with E-state index in [0.717, 1.165) is 36.4 Å². The maximum absolute atomic E-state index is 13.2. The molecule has 1 unspecified atom stereocenters.